The topological polar surface area (TPSA) is 81.7 Å². The van der Waals surface area contributed by atoms with Gasteiger partial charge in [0.05, 0.1) is 18.1 Å². The Kier molecular flexibility index (Phi) is 5.16. The monoisotopic (exact) mass is 331 g/mol. The number of aliphatic hydroxyl groups excluding tert-OH is 1. The molecule has 3 N–H and O–H groups in total. The van der Waals surface area contributed by atoms with Gasteiger partial charge >= 0.3 is 0 Å². The van der Waals surface area contributed by atoms with Gasteiger partial charge in [0.25, 0.3) is 0 Å². The van der Waals surface area contributed by atoms with Gasteiger partial charge in [-0.25, -0.2) is 0 Å². The molecule has 2 aliphatic rings. The van der Waals surface area contributed by atoms with E-state index in [4.69, 9.17) is 0 Å². The van der Waals surface area contributed by atoms with Crippen LogP contribution in [0.1, 0.15) is 24.8 Å². The number of aliphatic hydroxyl groups is 1. The number of β-amino-alcohol motifs (C(OH)–C–C–N with tert-alkyl or cyclic N) is 1. The number of rotatable bonds is 4. The van der Waals surface area contributed by atoms with Crippen molar-refractivity contribution >= 4 is 11.8 Å². The van der Waals surface area contributed by atoms with Gasteiger partial charge < -0.3 is 15.7 Å². The number of nitrogens with zero attached hydrogens (tertiary/aromatic N) is 1. The number of nitrogens with one attached hydrogen (secondary N) is 2. The highest BCUT2D eigenvalue weighted by atomic mass is 16.3. The first kappa shape index (κ1) is 16.9. The van der Waals surface area contributed by atoms with E-state index in [1.807, 2.05) is 30.3 Å². The lowest BCUT2D eigenvalue weighted by Gasteiger charge is -2.44. The lowest BCUT2D eigenvalue weighted by Crippen LogP contribution is -2.56. The summed E-state index contributed by atoms with van der Waals surface area (Å²) >= 11 is 0. The van der Waals surface area contributed by atoms with E-state index in [0.29, 0.717) is 52.0 Å². The smallest absolute Gasteiger partial charge is 0.234 e. The van der Waals surface area contributed by atoms with Crippen LogP contribution >= 0.6 is 0 Å². The minimum absolute atomic E-state index is 0.00272. The molecule has 1 aromatic carbocycles. The third-order valence-corrected chi connectivity index (χ3v) is 5.12. The van der Waals surface area contributed by atoms with Crippen molar-refractivity contribution in [1.82, 2.24) is 15.5 Å². The van der Waals surface area contributed by atoms with Gasteiger partial charge in [0.2, 0.25) is 11.8 Å². The lowest BCUT2D eigenvalue weighted by molar-refractivity contribution is -0.141. The standard InChI is InChI=1S/C18H25N3O3/c22-15-10-18(17(24)20-12-15)6-8-21(9-7-18)13-16(23)19-11-14-4-2-1-3-5-14/h1-5,15,22H,6-13H2,(H,19,23)(H,20,24). The molecule has 1 spiro atoms. The molecule has 6 nitrogen and oxygen atoms in total. The molecule has 2 saturated heterocycles. The number of piperidine rings is 2. The van der Waals surface area contributed by atoms with Crippen molar-refractivity contribution in [3.05, 3.63) is 35.9 Å². The predicted molar refractivity (Wildman–Crippen MR) is 90.0 cm³/mol. The number of carbonyl (C=O) groups excluding carboxylic acids is 2. The van der Waals surface area contributed by atoms with Gasteiger partial charge in [0.15, 0.2) is 0 Å². The second-order valence-corrected chi connectivity index (χ2v) is 6.89. The molecule has 0 aromatic heterocycles. The number of likely N-dealkylation sites (tertiary alicyclic amines) is 1. The summed E-state index contributed by atoms with van der Waals surface area (Å²) in [6.07, 6.45) is 1.47. The Bertz CT molecular complexity index is 582. The average Bonchev–Trinajstić information content (AvgIpc) is 2.60. The number of amides is 2. The van der Waals surface area contributed by atoms with Crippen molar-refractivity contribution in [2.24, 2.45) is 5.41 Å². The summed E-state index contributed by atoms with van der Waals surface area (Å²) in [6, 6.07) is 9.83. The van der Waals surface area contributed by atoms with E-state index in [0.717, 1.165) is 5.56 Å². The molecule has 0 bridgehead atoms. The molecule has 130 valence electrons. The van der Waals surface area contributed by atoms with Gasteiger partial charge in [0, 0.05) is 13.1 Å². The zero-order valence-electron chi connectivity index (χ0n) is 13.8. The summed E-state index contributed by atoms with van der Waals surface area (Å²) in [4.78, 5) is 26.4. The van der Waals surface area contributed by atoms with E-state index < -0.39 is 11.5 Å². The Labute approximate surface area is 142 Å². The molecule has 6 heteroatoms. The van der Waals surface area contributed by atoms with Crippen LogP contribution in [0.3, 0.4) is 0 Å². The fourth-order valence-electron chi connectivity index (χ4n) is 3.64. The lowest BCUT2D eigenvalue weighted by atomic mass is 9.71. The molecule has 3 rings (SSSR count). The molecule has 2 fully saturated rings. The highest BCUT2D eigenvalue weighted by Crippen LogP contribution is 2.38. The maximum Gasteiger partial charge on any atom is 0.234 e. The van der Waals surface area contributed by atoms with Crippen molar-refractivity contribution in [2.75, 3.05) is 26.2 Å². The third-order valence-electron chi connectivity index (χ3n) is 5.12. The van der Waals surface area contributed by atoms with E-state index in [1.165, 1.54) is 0 Å². The van der Waals surface area contributed by atoms with Gasteiger partial charge in [-0.2, -0.15) is 0 Å². The molecule has 2 amide bonds. The summed E-state index contributed by atoms with van der Waals surface area (Å²) in [5.41, 5.74) is 0.630. The molecular weight excluding hydrogens is 306 g/mol. The van der Waals surface area contributed by atoms with Crippen LogP contribution in [0.4, 0.5) is 0 Å². The summed E-state index contributed by atoms with van der Waals surface area (Å²) < 4.78 is 0. The number of benzene rings is 1. The SMILES string of the molecule is O=C(CN1CCC2(CC1)CC(O)CNC2=O)NCc1ccccc1. The van der Waals surface area contributed by atoms with Gasteiger partial charge in [-0.05, 0) is 37.9 Å². The molecule has 1 aromatic rings. The third kappa shape index (κ3) is 3.94. The minimum atomic E-state index is -0.455. The summed E-state index contributed by atoms with van der Waals surface area (Å²) in [7, 11) is 0. The first-order chi connectivity index (χ1) is 11.6. The second kappa shape index (κ2) is 7.32. The molecule has 1 atom stereocenters. The number of hydrogen-bond acceptors (Lipinski definition) is 4. The van der Waals surface area contributed by atoms with Crippen LogP contribution in [0.2, 0.25) is 0 Å². The first-order valence-corrected chi connectivity index (χ1v) is 8.57. The maximum atomic E-state index is 12.2. The van der Waals surface area contributed by atoms with E-state index in [1.54, 1.807) is 0 Å². The number of carbonyl (C=O) groups is 2. The molecule has 2 heterocycles. The average molecular weight is 331 g/mol. The molecule has 0 saturated carbocycles. The predicted octanol–water partition coefficient (Wildman–Crippen LogP) is 0.266. The fraction of sp³-hybridized carbons (Fsp3) is 0.556. The molecule has 24 heavy (non-hydrogen) atoms. The van der Waals surface area contributed by atoms with Crippen LogP contribution < -0.4 is 10.6 Å². The van der Waals surface area contributed by atoms with Gasteiger partial charge in [-0.1, -0.05) is 30.3 Å². The van der Waals surface area contributed by atoms with Gasteiger partial charge in [0.1, 0.15) is 0 Å². The van der Waals surface area contributed by atoms with Crippen LogP contribution in [-0.4, -0.2) is 54.1 Å². The second-order valence-electron chi connectivity index (χ2n) is 6.89. The van der Waals surface area contributed by atoms with E-state index in [-0.39, 0.29) is 11.8 Å². The Balaban J connectivity index is 1.45. The molecule has 0 radical (unpaired) electrons. The maximum absolute atomic E-state index is 12.2. The number of hydrogen-bond donors (Lipinski definition) is 3. The Morgan fingerprint density at radius 3 is 2.71 bits per heavy atom. The molecule has 0 aliphatic carbocycles. The van der Waals surface area contributed by atoms with Crippen LogP contribution in [0, 0.1) is 5.41 Å². The van der Waals surface area contributed by atoms with Crippen LogP contribution in [-0.2, 0) is 16.1 Å². The Morgan fingerprint density at radius 1 is 1.29 bits per heavy atom. The van der Waals surface area contributed by atoms with Crippen molar-refractivity contribution < 1.29 is 14.7 Å². The minimum Gasteiger partial charge on any atom is -0.391 e. The molecule has 2 aliphatic heterocycles. The highest BCUT2D eigenvalue weighted by Gasteiger charge is 2.45. The quantitative estimate of drug-likeness (QED) is 0.739. The molecule has 1 unspecified atom stereocenters. The van der Waals surface area contributed by atoms with Crippen molar-refractivity contribution in [1.29, 1.82) is 0 Å². The molecular formula is C18H25N3O3. The van der Waals surface area contributed by atoms with Gasteiger partial charge in [-0.3, -0.25) is 14.5 Å². The Morgan fingerprint density at radius 2 is 2.00 bits per heavy atom. The fourth-order valence-corrected chi connectivity index (χ4v) is 3.64. The summed E-state index contributed by atoms with van der Waals surface area (Å²) in [6.45, 7) is 2.66. The normalized spacial score (nSPS) is 23.7. The summed E-state index contributed by atoms with van der Waals surface area (Å²) in [5.74, 6) is 0.0592. The highest BCUT2D eigenvalue weighted by molar-refractivity contribution is 5.83. The van der Waals surface area contributed by atoms with Crippen LogP contribution in [0.25, 0.3) is 0 Å². The first-order valence-electron chi connectivity index (χ1n) is 8.57. The van der Waals surface area contributed by atoms with E-state index in [2.05, 4.69) is 15.5 Å². The van der Waals surface area contributed by atoms with Crippen molar-refractivity contribution in [3.63, 3.8) is 0 Å². The van der Waals surface area contributed by atoms with Crippen molar-refractivity contribution in [3.8, 4) is 0 Å². The summed E-state index contributed by atoms with van der Waals surface area (Å²) in [5, 5.41) is 15.6. The zero-order chi connectivity index (χ0) is 17.0. The largest absolute Gasteiger partial charge is 0.391 e. The van der Waals surface area contributed by atoms with Crippen molar-refractivity contribution in [2.45, 2.75) is 31.9 Å². The van der Waals surface area contributed by atoms with Gasteiger partial charge in [-0.15, -0.1) is 0 Å². The van der Waals surface area contributed by atoms with Crippen LogP contribution in [0.15, 0.2) is 30.3 Å². The van der Waals surface area contributed by atoms with E-state index in [9.17, 15) is 14.7 Å². The zero-order valence-corrected chi connectivity index (χ0v) is 13.8. The van der Waals surface area contributed by atoms with Crippen LogP contribution in [0.5, 0.6) is 0 Å². The Hall–Kier alpha value is -1.92. The van der Waals surface area contributed by atoms with E-state index >= 15 is 0 Å².